The number of carboxylic acid groups (broad SMARTS) is 1. The number of hydrogen-bond acceptors (Lipinski definition) is 4. The van der Waals surface area contributed by atoms with E-state index in [-0.39, 0.29) is 11.1 Å². The highest BCUT2D eigenvalue weighted by Crippen LogP contribution is 2.27. The Morgan fingerprint density at radius 1 is 1.10 bits per heavy atom. The van der Waals surface area contributed by atoms with Crippen molar-refractivity contribution >= 4 is 17.3 Å². The summed E-state index contributed by atoms with van der Waals surface area (Å²) in [5.41, 5.74) is 2.31. The fraction of sp³-hybridized carbons (Fsp3) is 0.0625. The number of carboxylic acids is 1. The molecule has 21 heavy (non-hydrogen) atoms. The Labute approximate surface area is 121 Å². The standard InChI is InChI=1S/C16H11N3O2/c1-19(14-5-2-11(9-17)3-6-14)15-7-4-12(16(20)21)8-13(15)10-18/h2-8H,1H3,(H,20,21). The van der Waals surface area contributed by atoms with E-state index < -0.39 is 5.97 Å². The highest BCUT2D eigenvalue weighted by Gasteiger charge is 2.12. The summed E-state index contributed by atoms with van der Waals surface area (Å²) in [5, 5.41) is 26.9. The van der Waals surface area contributed by atoms with E-state index in [1.54, 1.807) is 42.3 Å². The first-order chi connectivity index (χ1) is 10.1. The SMILES string of the molecule is CN(c1ccc(C#N)cc1)c1ccc(C(=O)O)cc1C#N. The molecule has 5 heteroatoms. The molecule has 102 valence electrons. The first-order valence-electron chi connectivity index (χ1n) is 6.08. The number of benzene rings is 2. The van der Waals surface area contributed by atoms with Crippen LogP contribution in [0.15, 0.2) is 42.5 Å². The van der Waals surface area contributed by atoms with Gasteiger partial charge >= 0.3 is 5.97 Å². The molecule has 0 bridgehead atoms. The number of rotatable bonds is 3. The summed E-state index contributed by atoms with van der Waals surface area (Å²) in [7, 11) is 1.78. The molecule has 0 aromatic heterocycles. The molecule has 2 aromatic carbocycles. The van der Waals surface area contributed by atoms with Gasteiger partial charge in [-0.2, -0.15) is 10.5 Å². The van der Waals surface area contributed by atoms with Crippen molar-refractivity contribution in [3.63, 3.8) is 0 Å². The third-order valence-corrected chi connectivity index (χ3v) is 3.11. The van der Waals surface area contributed by atoms with Crippen LogP contribution in [0.25, 0.3) is 0 Å². The molecule has 0 saturated heterocycles. The van der Waals surface area contributed by atoms with Crippen molar-refractivity contribution in [2.75, 3.05) is 11.9 Å². The molecular weight excluding hydrogens is 266 g/mol. The van der Waals surface area contributed by atoms with Gasteiger partial charge in [-0.05, 0) is 42.5 Å². The molecule has 5 nitrogen and oxygen atoms in total. The lowest BCUT2D eigenvalue weighted by Gasteiger charge is -2.21. The Bertz CT molecular complexity index is 768. The van der Waals surface area contributed by atoms with Crippen LogP contribution >= 0.6 is 0 Å². The maximum absolute atomic E-state index is 10.9. The smallest absolute Gasteiger partial charge is 0.335 e. The molecule has 0 atom stereocenters. The average Bonchev–Trinajstić information content (AvgIpc) is 2.53. The summed E-state index contributed by atoms with van der Waals surface area (Å²) in [6.45, 7) is 0. The number of anilines is 2. The van der Waals surface area contributed by atoms with Gasteiger partial charge in [-0.3, -0.25) is 0 Å². The van der Waals surface area contributed by atoms with Crippen molar-refractivity contribution in [3.05, 3.63) is 59.2 Å². The minimum Gasteiger partial charge on any atom is -0.478 e. The van der Waals surface area contributed by atoms with Crippen molar-refractivity contribution in [1.29, 1.82) is 10.5 Å². The van der Waals surface area contributed by atoms with E-state index in [1.165, 1.54) is 12.1 Å². The summed E-state index contributed by atoms with van der Waals surface area (Å²) < 4.78 is 0. The average molecular weight is 277 g/mol. The largest absolute Gasteiger partial charge is 0.478 e. The van der Waals surface area contributed by atoms with E-state index >= 15 is 0 Å². The minimum atomic E-state index is -1.07. The predicted molar refractivity (Wildman–Crippen MR) is 77.3 cm³/mol. The second-order valence-corrected chi connectivity index (χ2v) is 4.37. The molecule has 1 N–H and O–H groups in total. The molecule has 2 aromatic rings. The molecule has 0 unspecified atom stereocenters. The topological polar surface area (TPSA) is 88.1 Å². The van der Waals surface area contributed by atoms with Crippen LogP contribution < -0.4 is 4.90 Å². The van der Waals surface area contributed by atoms with Crippen molar-refractivity contribution < 1.29 is 9.90 Å². The zero-order valence-corrected chi connectivity index (χ0v) is 11.2. The molecule has 2 rings (SSSR count). The van der Waals surface area contributed by atoms with E-state index in [0.717, 1.165) is 5.69 Å². The van der Waals surface area contributed by atoms with Crippen molar-refractivity contribution in [2.24, 2.45) is 0 Å². The van der Waals surface area contributed by atoms with Crippen LogP contribution in [0.5, 0.6) is 0 Å². The van der Waals surface area contributed by atoms with E-state index in [2.05, 4.69) is 0 Å². The first kappa shape index (κ1) is 14.1. The van der Waals surface area contributed by atoms with Gasteiger partial charge in [-0.15, -0.1) is 0 Å². The Balaban J connectivity index is 2.43. The van der Waals surface area contributed by atoms with Gasteiger partial charge in [0.15, 0.2) is 0 Å². The highest BCUT2D eigenvalue weighted by molar-refractivity contribution is 5.89. The van der Waals surface area contributed by atoms with Crippen LogP contribution in [0.2, 0.25) is 0 Å². The third kappa shape index (κ3) is 2.83. The molecule has 0 aliphatic rings. The summed E-state index contributed by atoms with van der Waals surface area (Å²) in [4.78, 5) is 12.7. The van der Waals surface area contributed by atoms with Crippen molar-refractivity contribution in [1.82, 2.24) is 0 Å². The lowest BCUT2D eigenvalue weighted by Crippen LogP contribution is -2.11. The fourth-order valence-corrected chi connectivity index (χ4v) is 1.95. The van der Waals surface area contributed by atoms with Gasteiger partial charge in [0.1, 0.15) is 6.07 Å². The number of carbonyl (C=O) groups is 1. The van der Waals surface area contributed by atoms with E-state index in [1.807, 2.05) is 12.1 Å². The molecule has 0 heterocycles. The van der Waals surface area contributed by atoms with Gasteiger partial charge in [0.25, 0.3) is 0 Å². The molecule has 0 aliphatic heterocycles. The van der Waals surface area contributed by atoms with Crippen molar-refractivity contribution in [3.8, 4) is 12.1 Å². The Morgan fingerprint density at radius 2 is 1.76 bits per heavy atom. The number of nitriles is 2. The lowest BCUT2D eigenvalue weighted by molar-refractivity contribution is 0.0697. The Morgan fingerprint density at radius 3 is 2.29 bits per heavy atom. The number of nitrogens with zero attached hydrogens (tertiary/aromatic N) is 3. The van der Waals surface area contributed by atoms with Gasteiger partial charge in [0.05, 0.1) is 28.4 Å². The van der Waals surface area contributed by atoms with Gasteiger partial charge in [0, 0.05) is 12.7 Å². The summed E-state index contributed by atoms with van der Waals surface area (Å²) in [6.07, 6.45) is 0. The molecule has 0 aliphatic carbocycles. The monoisotopic (exact) mass is 277 g/mol. The molecule has 0 spiro atoms. The Hall–Kier alpha value is -3.31. The van der Waals surface area contributed by atoms with Crippen LogP contribution in [0.3, 0.4) is 0 Å². The predicted octanol–water partition coefficient (Wildman–Crippen LogP) is 2.90. The van der Waals surface area contributed by atoms with Gasteiger partial charge in [-0.1, -0.05) is 0 Å². The van der Waals surface area contributed by atoms with Crippen LogP contribution in [0.4, 0.5) is 11.4 Å². The van der Waals surface area contributed by atoms with Gasteiger partial charge < -0.3 is 10.0 Å². The summed E-state index contributed by atoms with van der Waals surface area (Å²) in [6, 6.07) is 15.4. The molecule has 0 saturated carbocycles. The summed E-state index contributed by atoms with van der Waals surface area (Å²) in [5.74, 6) is -1.07. The second-order valence-electron chi connectivity index (χ2n) is 4.37. The van der Waals surface area contributed by atoms with E-state index in [4.69, 9.17) is 10.4 Å². The lowest BCUT2D eigenvalue weighted by atomic mass is 10.1. The number of hydrogen-bond donors (Lipinski definition) is 1. The minimum absolute atomic E-state index is 0.0727. The third-order valence-electron chi connectivity index (χ3n) is 3.11. The quantitative estimate of drug-likeness (QED) is 0.931. The van der Waals surface area contributed by atoms with Crippen LogP contribution in [0.1, 0.15) is 21.5 Å². The van der Waals surface area contributed by atoms with Crippen LogP contribution in [-0.2, 0) is 0 Å². The zero-order valence-electron chi connectivity index (χ0n) is 11.2. The normalized spacial score (nSPS) is 9.48. The molecule has 0 radical (unpaired) electrons. The maximum atomic E-state index is 10.9. The highest BCUT2D eigenvalue weighted by atomic mass is 16.4. The van der Waals surface area contributed by atoms with E-state index in [9.17, 15) is 10.1 Å². The first-order valence-corrected chi connectivity index (χ1v) is 6.08. The molecular formula is C16H11N3O2. The fourth-order valence-electron chi connectivity index (χ4n) is 1.95. The Kier molecular flexibility index (Phi) is 3.87. The molecule has 0 amide bonds. The maximum Gasteiger partial charge on any atom is 0.335 e. The van der Waals surface area contributed by atoms with E-state index in [0.29, 0.717) is 11.3 Å². The van der Waals surface area contributed by atoms with Gasteiger partial charge in [0.2, 0.25) is 0 Å². The summed E-state index contributed by atoms with van der Waals surface area (Å²) >= 11 is 0. The second kappa shape index (κ2) is 5.77. The van der Waals surface area contributed by atoms with Crippen LogP contribution in [-0.4, -0.2) is 18.1 Å². The zero-order chi connectivity index (χ0) is 15.4. The number of aromatic carboxylic acids is 1. The van der Waals surface area contributed by atoms with Gasteiger partial charge in [-0.25, -0.2) is 4.79 Å². The van der Waals surface area contributed by atoms with Crippen molar-refractivity contribution in [2.45, 2.75) is 0 Å². The van der Waals surface area contributed by atoms with Crippen LogP contribution in [0, 0.1) is 22.7 Å². The molecule has 0 fully saturated rings.